The molecule has 4 rings (SSSR count). The summed E-state index contributed by atoms with van der Waals surface area (Å²) in [6.07, 6.45) is 4.03. The fourth-order valence-corrected chi connectivity index (χ4v) is 3.39. The maximum Gasteiger partial charge on any atom is 0.273 e. The smallest absolute Gasteiger partial charge is 0.273 e. The largest absolute Gasteiger partial charge is 0.360 e. The summed E-state index contributed by atoms with van der Waals surface area (Å²) in [4.78, 5) is 26.6. The van der Waals surface area contributed by atoms with E-state index in [4.69, 9.17) is 4.52 Å². The fourth-order valence-electron chi connectivity index (χ4n) is 3.39. The number of benzene rings is 1. The van der Waals surface area contributed by atoms with Crippen LogP contribution in [-0.2, 0) is 0 Å². The van der Waals surface area contributed by atoms with Crippen LogP contribution in [0.25, 0.3) is 0 Å². The molecule has 1 saturated heterocycles. The molecule has 2 aromatic rings. The first kappa shape index (κ1) is 16.8. The second-order valence-corrected chi connectivity index (χ2v) is 7.20. The number of nitrogens with zero attached hydrogens (tertiary/aromatic N) is 2. The Morgan fingerprint density at radius 2 is 1.85 bits per heavy atom. The molecule has 1 aliphatic carbocycles. The van der Waals surface area contributed by atoms with Gasteiger partial charge in [-0.2, -0.15) is 0 Å². The first-order valence-corrected chi connectivity index (χ1v) is 9.30. The van der Waals surface area contributed by atoms with E-state index in [9.17, 15) is 9.59 Å². The predicted molar refractivity (Wildman–Crippen MR) is 95.9 cm³/mol. The fraction of sp³-hybridized carbons (Fsp3) is 0.450. The molecule has 1 aromatic heterocycles. The topological polar surface area (TPSA) is 75.4 Å². The van der Waals surface area contributed by atoms with E-state index in [1.165, 1.54) is 0 Å². The third-order valence-corrected chi connectivity index (χ3v) is 5.21. The molecule has 2 amide bonds. The van der Waals surface area contributed by atoms with Gasteiger partial charge in [0.2, 0.25) is 0 Å². The van der Waals surface area contributed by atoms with E-state index in [0.29, 0.717) is 24.1 Å². The van der Waals surface area contributed by atoms with E-state index in [0.717, 1.165) is 50.1 Å². The molecular formula is C20H23N3O3. The predicted octanol–water partition coefficient (Wildman–Crippen LogP) is 2.83. The van der Waals surface area contributed by atoms with Crippen molar-refractivity contribution in [2.75, 3.05) is 19.6 Å². The quantitative estimate of drug-likeness (QED) is 0.897. The van der Waals surface area contributed by atoms with Gasteiger partial charge in [-0.05, 0) is 43.7 Å². The third kappa shape index (κ3) is 3.79. The van der Waals surface area contributed by atoms with Crippen molar-refractivity contribution in [1.29, 1.82) is 0 Å². The minimum absolute atomic E-state index is 0.0864. The molecule has 0 radical (unpaired) electrons. The summed E-state index contributed by atoms with van der Waals surface area (Å²) in [7, 11) is 0. The van der Waals surface area contributed by atoms with Gasteiger partial charge in [0.15, 0.2) is 5.69 Å². The number of hydrogen-bond donors (Lipinski definition) is 1. The zero-order valence-corrected chi connectivity index (χ0v) is 14.7. The Bertz CT molecular complexity index is 775. The van der Waals surface area contributed by atoms with Crippen LogP contribution in [0, 0.1) is 5.92 Å². The third-order valence-electron chi connectivity index (χ3n) is 5.21. The summed E-state index contributed by atoms with van der Waals surface area (Å²) < 4.78 is 5.23. The summed E-state index contributed by atoms with van der Waals surface area (Å²) in [6.45, 7) is 2.06. The molecule has 0 atom stereocenters. The maximum absolute atomic E-state index is 12.5. The molecule has 1 aromatic carbocycles. The van der Waals surface area contributed by atoms with E-state index >= 15 is 0 Å². The SMILES string of the molecule is O=C(NCC1CCN(C(=O)c2ccccc2)CC1)c1cc(C2CC2)on1. The van der Waals surface area contributed by atoms with E-state index in [1.807, 2.05) is 35.2 Å². The van der Waals surface area contributed by atoms with Crippen molar-refractivity contribution in [3.8, 4) is 0 Å². The van der Waals surface area contributed by atoms with Crippen molar-refractivity contribution >= 4 is 11.8 Å². The van der Waals surface area contributed by atoms with Crippen molar-refractivity contribution in [2.45, 2.75) is 31.6 Å². The highest BCUT2D eigenvalue weighted by Gasteiger charge is 2.29. The van der Waals surface area contributed by atoms with E-state index in [2.05, 4.69) is 10.5 Å². The molecule has 6 nitrogen and oxygen atoms in total. The molecule has 0 unspecified atom stereocenters. The Morgan fingerprint density at radius 1 is 1.12 bits per heavy atom. The van der Waals surface area contributed by atoms with Crippen LogP contribution in [0.2, 0.25) is 0 Å². The molecule has 136 valence electrons. The highest BCUT2D eigenvalue weighted by atomic mass is 16.5. The average Bonchev–Trinajstić information content (AvgIpc) is 3.43. The van der Waals surface area contributed by atoms with Gasteiger partial charge in [-0.25, -0.2) is 0 Å². The lowest BCUT2D eigenvalue weighted by molar-refractivity contribution is 0.0684. The first-order valence-electron chi connectivity index (χ1n) is 9.30. The van der Waals surface area contributed by atoms with E-state index in [1.54, 1.807) is 6.07 Å². The molecule has 2 heterocycles. The van der Waals surface area contributed by atoms with Gasteiger partial charge < -0.3 is 14.7 Å². The van der Waals surface area contributed by atoms with Gasteiger partial charge in [0, 0.05) is 37.2 Å². The highest BCUT2D eigenvalue weighted by Crippen LogP contribution is 2.40. The number of carbonyl (C=O) groups is 2. The van der Waals surface area contributed by atoms with E-state index < -0.39 is 0 Å². The number of nitrogens with one attached hydrogen (secondary N) is 1. The summed E-state index contributed by atoms with van der Waals surface area (Å²) in [5.74, 6) is 1.57. The van der Waals surface area contributed by atoms with Crippen molar-refractivity contribution in [3.63, 3.8) is 0 Å². The molecule has 2 aliphatic rings. The Labute approximate surface area is 152 Å². The van der Waals surface area contributed by atoms with E-state index in [-0.39, 0.29) is 11.8 Å². The van der Waals surface area contributed by atoms with Gasteiger partial charge >= 0.3 is 0 Å². The van der Waals surface area contributed by atoms with Crippen molar-refractivity contribution in [3.05, 3.63) is 53.4 Å². The van der Waals surface area contributed by atoms with Crippen molar-refractivity contribution in [1.82, 2.24) is 15.4 Å². The van der Waals surface area contributed by atoms with Crippen LogP contribution in [0.3, 0.4) is 0 Å². The van der Waals surface area contributed by atoms with Gasteiger partial charge in [0.25, 0.3) is 11.8 Å². The lowest BCUT2D eigenvalue weighted by Gasteiger charge is -2.32. The Kier molecular flexibility index (Phi) is 4.73. The Morgan fingerprint density at radius 3 is 2.54 bits per heavy atom. The lowest BCUT2D eigenvalue weighted by Crippen LogP contribution is -2.41. The molecule has 6 heteroatoms. The van der Waals surface area contributed by atoms with Crippen LogP contribution in [0.4, 0.5) is 0 Å². The standard InChI is InChI=1S/C20H23N3O3/c24-19(17-12-18(26-22-17)15-6-7-15)21-13-14-8-10-23(11-9-14)20(25)16-4-2-1-3-5-16/h1-5,12,14-15H,6-11,13H2,(H,21,24). The van der Waals surface area contributed by atoms with Crippen molar-refractivity contribution in [2.24, 2.45) is 5.92 Å². The molecule has 2 fully saturated rings. The molecule has 0 bridgehead atoms. The van der Waals surface area contributed by atoms with Gasteiger partial charge in [-0.1, -0.05) is 23.4 Å². The van der Waals surface area contributed by atoms with Crippen LogP contribution in [-0.4, -0.2) is 41.5 Å². The molecule has 26 heavy (non-hydrogen) atoms. The summed E-state index contributed by atoms with van der Waals surface area (Å²) in [5, 5.41) is 6.82. The van der Waals surface area contributed by atoms with Gasteiger partial charge in [0.1, 0.15) is 5.76 Å². The average molecular weight is 353 g/mol. The van der Waals surface area contributed by atoms with Gasteiger partial charge in [-0.15, -0.1) is 0 Å². The monoisotopic (exact) mass is 353 g/mol. The number of aromatic nitrogens is 1. The number of likely N-dealkylation sites (tertiary alicyclic amines) is 1. The minimum Gasteiger partial charge on any atom is -0.360 e. The zero-order valence-electron chi connectivity index (χ0n) is 14.7. The highest BCUT2D eigenvalue weighted by molar-refractivity contribution is 5.94. The summed E-state index contributed by atoms with van der Waals surface area (Å²) in [6, 6.07) is 11.1. The summed E-state index contributed by atoms with van der Waals surface area (Å²) in [5.41, 5.74) is 1.10. The van der Waals surface area contributed by atoms with Crippen LogP contribution >= 0.6 is 0 Å². The lowest BCUT2D eigenvalue weighted by atomic mass is 9.96. The molecule has 1 N–H and O–H groups in total. The maximum atomic E-state index is 12.5. The number of rotatable bonds is 5. The van der Waals surface area contributed by atoms with Crippen molar-refractivity contribution < 1.29 is 14.1 Å². The van der Waals surface area contributed by atoms with Crippen LogP contribution in [0.15, 0.2) is 40.9 Å². The first-order chi connectivity index (χ1) is 12.7. The second-order valence-electron chi connectivity index (χ2n) is 7.20. The Hall–Kier alpha value is -2.63. The molecular weight excluding hydrogens is 330 g/mol. The normalized spacial score (nSPS) is 17.9. The zero-order chi connectivity index (χ0) is 17.9. The molecule has 1 aliphatic heterocycles. The molecule has 0 spiro atoms. The summed E-state index contributed by atoms with van der Waals surface area (Å²) >= 11 is 0. The second kappa shape index (κ2) is 7.32. The number of piperidine rings is 1. The number of amides is 2. The van der Waals surface area contributed by atoms with Crippen LogP contribution in [0.5, 0.6) is 0 Å². The number of carbonyl (C=O) groups excluding carboxylic acids is 2. The van der Waals surface area contributed by atoms with Crippen LogP contribution < -0.4 is 5.32 Å². The number of hydrogen-bond acceptors (Lipinski definition) is 4. The van der Waals surface area contributed by atoms with Crippen LogP contribution in [0.1, 0.15) is 58.2 Å². The molecule has 1 saturated carbocycles. The van der Waals surface area contributed by atoms with Gasteiger partial charge in [-0.3, -0.25) is 9.59 Å². The Balaban J connectivity index is 1.23. The minimum atomic E-state index is -0.177. The van der Waals surface area contributed by atoms with Gasteiger partial charge in [0.05, 0.1) is 0 Å².